The molecule has 0 aliphatic carbocycles. The van der Waals surface area contributed by atoms with Gasteiger partial charge >= 0.3 is 6.09 Å². The highest BCUT2D eigenvalue weighted by atomic mass is 16.6. The molecule has 5 nitrogen and oxygen atoms in total. The highest BCUT2D eigenvalue weighted by Crippen LogP contribution is 2.30. The molecule has 1 aliphatic heterocycles. The Morgan fingerprint density at radius 3 is 2.45 bits per heavy atom. The monoisotopic (exact) mass is 305 g/mol. The Morgan fingerprint density at radius 2 is 1.91 bits per heavy atom. The van der Waals surface area contributed by atoms with E-state index in [4.69, 9.17) is 9.47 Å². The van der Waals surface area contributed by atoms with Crippen LogP contribution < -0.4 is 0 Å². The Bertz CT molecular complexity index is 515. The van der Waals surface area contributed by atoms with E-state index < -0.39 is 11.0 Å². The van der Waals surface area contributed by atoms with Crippen molar-refractivity contribution >= 4 is 12.4 Å². The smallest absolute Gasteiger partial charge is 0.410 e. The third-order valence-electron chi connectivity index (χ3n) is 3.41. The minimum atomic E-state index is -0.605. The Balaban J connectivity index is 1.79. The van der Waals surface area contributed by atoms with Crippen molar-refractivity contribution in [3.63, 3.8) is 0 Å². The summed E-state index contributed by atoms with van der Waals surface area (Å²) in [4.78, 5) is 24.8. The third-order valence-corrected chi connectivity index (χ3v) is 3.41. The van der Waals surface area contributed by atoms with E-state index in [2.05, 4.69) is 0 Å². The fourth-order valence-electron chi connectivity index (χ4n) is 2.32. The van der Waals surface area contributed by atoms with E-state index in [-0.39, 0.29) is 6.09 Å². The number of ether oxygens (including phenoxy) is 2. The second-order valence-electron chi connectivity index (χ2n) is 6.80. The van der Waals surface area contributed by atoms with Gasteiger partial charge < -0.3 is 19.2 Å². The summed E-state index contributed by atoms with van der Waals surface area (Å²) >= 11 is 0. The summed E-state index contributed by atoms with van der Waals surface area (Å²) in [5, 5.41) is 0. The van der Waals surface area contributed by atoms with Gasteiger partial charge in [0.05, 0.1) is 18.6 Å². The first-order chi connectivity index (χ1) is 10.3. The van der Waals surface area contributed by atoms with E-state index in [1.165, 1.54) is 4.90 Å². The number of nitrogens with zero attached hydrogens (tertiary/aromatic N) is 1. The average Bonchev–Trinajstić information content (AvgIpc) is 2.40. The first-order valence-corrected chi connectivity index (χ1v) is 7.40. The molecule has 1 fully saturated rings. The first kappa shape index (κ1) is 16.5. The lowest BCUT2D eigenvalue weighted by molar-refractivity contribution is -0.133. The van der Waals surface area contributed by atoms with Crippen molar-refractivity contribution in [1.29, 1.82) is 0 Å². The summed E-state index contributed by atoms with van der Waals surface area (Å²) in [5.74, 6) is 0. The van der Waals surface area contributed by atoms with Gasteiger partial charge in [0.25, 0.3) is 0 Å². The van der Waals surface area contributed by atoms with Crippen molar-refractivity contribution in [3.05, 3.63) is 35.9 Å². The molecule has 1 heterocycles. The highest BCUT2D eigenvalue weighted by molar-refractivity contribution is 5.74. The zero-order valence-corrected chi connectivity index (χ0v) is 13.4. The van der Waals surface area contributed by atoms with Gasteiger partial charge in [0, 0.05) is 13.1 Å². The maximum absolute atomic E-state index is 11.9. The predicted octanol–water partition coefficient (Wildman–Crippen LogP) is 2.64. The molecule has 0 saturated carbocycles. The van der Waals surface area contributed by atoms with E-state index >= 15 is 0 Å². The first-order valence-electron chi connectivity index (χ1n) is 7.40. The number of likely N-dealkylation sites (tertiary alicyclic amines) is 1. The van der Waals surface area contributed by atoms with Gasteiger partial charge in [0.2, 0.25) is 0 Å². The Morgan fingerprint density at radius 1 is 1.27 bits per heavy atom. The minimum Gasteiger partial charge on any atom is -0.444 e. The van der Waals surface area contributed by atoms with Gasteiger partial charge in [-0.3, -0.25) is 0 Å². The molecule has 0 aromatic heterocycles. The van der Waals surface area contributed by atoms with Crippen LogP contribution in [0.1, 0.15) is 26.3 Å². The molecule has 0 radical (unpaired) electrons. The van der Waals surface area contributed by atoms with E-state index in [0.717, 1.165) is 11.8 Å². The minimum absolute atomic E-state index is 0.310. The average molecular weight is 305 g/mol. The second kappa shape index (κ2) is 6.48. The molecule has 0 atom stereocenters. The van der Waals surface area contributed by atoms with Gasteiger partial charge in [0.15, 0.2) is 0 Å². The van der Waals surface area contributed by atoms with Gasteiger partial charge in [-0.25, -0.2) is 4.79 Å². The molecule has 0 unspecified atom stereocenters. The molecule has 0 bridgehead atoms. The molecule has 120 valence electrons. The SMILES string of the molecule is CC(C)(C)OC(=O)N1CC(C=O)(COCc2ccccc2)C1. The van der Waals surface area contributed by atoms with E-state index in [0.29, 0.717) is 26.3 Å². The lowest BCUT2D eigenvalue weighted by Crippen LogP contribution is -2.62. The van der Waals surface area contributed by atoms with Gasteiger partial charge in [-0.05, 0) is 26.3 Å². The van der Waals surface area contributed by atoms with Gasteiger partial charge in [-0.2, -0.15) is 0 Å². The second-order valence-corrected chi connectivity index (χ2v) is 6.80. The predicted molar refractivity (Wildman–Crippen MR) is 82.4 cm³/mol. The molecule has 22 heavy (non-hydrogen) atoms. The van der Waals surface area contributed by atoms with Crippen molar-refractivity contribution in [2.75, 3.05) is 19.7 Å². The normalized spacial score (nSPS) is 16.8. The molecule has 1 aliphatic rings. The number of hydrogen-bond acceptors (Lipinski definition) is 4. The molecule has 1 amide bonds. The van der Waals surface area contributed by atoms with Crippen LogP contribution in [0, 0.1) is 5.41 Å². The number of benzene rings is 1. The molecule has 0 spiro atoms. The van der Waals surface area contributed by atoms with E-state index in [1.807, 2.05) is 51.1 Å². The molecule has 2 rings (SSSR count). The zero-order chi connectivity index (χ0) is 16.2. The topological polar surface area (TPSA) is 55.8 Å². The van der Waals surface area contributed by atoms with Crippen LogP contribution >= 0.6 is 0 Å². The van der Waals surface area contributed by atoms with Gasteiger partial charge in [-0.1, -0.05) is 30.3 Å². The van der Waals surface area contributed by atoms with Crippen LogP contribution in [0.25, 0.3) is 0 Å². The zero-order valence-electron chi connectivity index (χ0n) is 13.4. The van der Waals surface area contributed by atoms with E-state index in [9.17, 15) is 9.59 Å². The fourth-order valence-corrected chi connectivity index (χ4v) is 2.32. The van der Waals surface area contributed by atoms with Crippen LogP contribution in [0.5, 0.6) is 0 Å². The number of aldehydes is 1. The lowest BCUT2D eigenvalue weighted by Gasteiger charge is -2.46. The van der Waals surface area contributed by atoms with E-state index in [1.54, 1.807) is 0 Å². The number of amides is 1. The van der Waals surface area contributed by atoms with Crippen molar-refractivity contribution < 1.29 is 19.1 Å². The number of carbonyl (C=O) groups excluding carboxylic acids is 2. The van der Waals surface area contributed by atoms with Crippen LogP contribution in [0.2, 0.25) is 0 Å². The maximum atomic E-state index is 11.9. The molecule has 1 aromatic carbocycles. The summed E-state index contributed by atoms with van der Waals surface area (Å²) in [7, 11) is 0. The summed E-state index contributed by atoms with van der Waals surface area (Å²) in [6, 6.07) is 9.79. The standard InChI is InChI=1S/C17H23NO4/c1-16(2,3)22-15(20)18-10-17(11-18,12-19)13-21-9-14-7-5-4-6-8-14/h4-8,12H,9-11,13H2,1-3H3. The maximum Gasteiger partial charge on any atom is 0.410 e. The highest BCUT2D eigenvalue weighted by Gasteiger charge is 2.46. The molecule has 0 N–H and O–H groups in total. The third kappa shape index (κ3) is 4.31. The van der Waals surface area contributed by atoms with Crippen LogP contribution in [0.4, 0.5) is 4.79 Å². The molecule has 5 heteroatoms. The summed E-state index contributed by atoms with van der Waals surface area (Å²) in [5.41, 5.74) is -0.0710. The quantitative estimate of drug-likeness (QED) is 0.785. The molecule has 1 saturated heterocycles. The molecular weight excluding hydrogens is 282 g/mol. The summed E-state index contributed by atoms with van der Waals surface area (Å²) in [6.45, 7) is 6.93. The van der Waals surface area contributed by atoms with Crippen LogP contribution in [0.3, 0.4) is 0 Å². The largest absolute Gasteiger partial charge is 0.444 e. The Hall–Kier alpha value is -1.88. The Kier molecular flexibility index (Phi) is 4.86. The van der Waals surface area contributed by atoms with Crippen LogP contribution in [-0.4, -0.2) is 42.6 Å². The number of rotatable bonds is 5. The van der Waals surface area contributed by atoms with Crippen molar-refractivity contribution in [1.82, 2.24) is 4.90 Å². The summed E-state index contributed by atoms with van der Waals surface area (Å²) < 4.78 is 10.9. The fraction of sp³-hybridized carbons (Fsp3) is 0.529. The molecule has 1 aromatic rings. The van der Waals surface area contributed by atoms with Gasteiger partial charge in [0.1, 0.15) is 11.9 Å². The number of hydrogen-bond donors (Lipinski definition) is 0. The van der Waals surface area contributed by atoms with Crippen LogP contribution in [0.15, 0.2) is 30.3 Å². The summed E-state index contributed by atoms with van der Waals surface area (Å²) in [6.07, 6.45) is 0.506. The van der Waals surface area contributed by atoms with Crippen molar-refractivity contribution in [2.24, 2.45) is 5.41 Å². The van der Waals surface area contributed by atoms with Gasteiger partial charge in [-0.15, -0.1) is 0 Å². The van der Waals surface area contributed by atoms with Crippen molar-refractivity contribution in [2.45, 2.75) is 33.0 Å². The molecular formula is C17H23NO4. The lowest BCUT2D eigenvalue weighted by atomic mass is 9.82. The van der Waals surface area contributed by atoms with Crippen molar-refractivity contribution in [3.8, 4) is 0 Å². The Labute approximate surface area is 131 Å². The van der Waals surface area contributed by atoms with Crippen LogP contribution in [-0.2, 0) is 20.9 Å². The number of carbonyl (C=O) groups is 2.